The summed E-state index contributed by atoms with van der Waals surface area (Å²) in [5.41, 5.74) is 1.44. The van der Waals surface area contributed by atoms with E-state index in [1.807, 2.05) is 35.0 Å². The van der Waals surface area contributed by atoms with E-state index in [9.17, 15) is 9.59 Å². The molecular weight excluding hydrogens is 340 g/mol. The molecule has 0 radical (unpaired) electrons. The van der Waals surface area contributed by atoms with E-state index in [0.717, 1.165) is 25.7 Å². The monoisotopic (exact) mass is 364 g/mol. The van der Waals surface area contributed by atoms with E-state index in [1.165, 1.54) is 11.9 Å². The van der Waals surface area contributed by atoms with Crippen LogP contribution in [0.25, 0.3) is 0 Å². The molecule has 2 aliphatic heterocycles. The number of nitrogens with zero attached hydrogens (tertiary/aromatic N) is 4. The summed E-state index contributed by atoms with van der Waals surface area (Å²) < 4.78 is 0. The summed E-state index contributed by atoms with van der Waals surface area (Å²) in [5, 5.41) is 0. The molecule has 3 heterocycles. The maximum absolute atomic E-state index is 13.0. The number of carbonyl (C=O) groups excluding carboxylic acids is 2. The summed E-state index contributed by atoms with van der Waals surface area (Å²) >= 11 is 0. The van der Waals surface area contributed by atoms with Gasteiger partial charge in [0.15, 0.2) is 0 Å². The molecule has 0 saturated carbocycles. The second-order valence-corrected chi connectivity index (χ2v) is 7.66. The highest BCUT2D eigenvalue weighted by Gasteiger charge is 2.51. The normalized spacial score (nSPS) is 21.7. The number of carbonyl (C=O) groups is 2. The molecule has 2 aromatic rings. The van der Waals surface area contributed by atoms with Crippen molar-refractivity contribution in [1.29, 1.82) is 0 Å². The van der Waals surface area contributed by atoms with Crippen molar-refractivity contribution in [2.75, 3.05) is 20.1 Å². The predicted octanol–water partition coefficient (Wildman–Crippen LogP) is 2.17. The predicted molar refractivity (Wildman–Crippen MR) is 101 cm³/mol. The summed E-state index contributed by atoms with van der Waals surface area (Å²) in [6.45, 7) is 1.21. The second kappa shape index (κ2) is 7.10. The first-order chi connectivity index (χ1) is 13.1. The van der Waals surface area contributed by atoms with Crippen molar-refractivity contribution in [1.82, 2.24) is 19.8 Å². The number of aromatic nitrogens is 2. The molecule has 1 unspecified atom stereocenters. The molecule has 6 heteroatoms. The number of benzene rings is 1. The van der Waals surface area contributed by atoms with Gasteiger partial charge in [0.1, 0.15) is 6.33 Å². The van der Waals surface area contributed by atoms with Gasteiger partial charge in [0, 0.05) is 38.6 Å². The third kappa shape index (κ3) is 3.31. The Morgan fingerprint density at radius 1 is 1.15 bits per heavy atom. The quantitative estimate of drug-likeness (QED) is 0.837. The number of amides is 2. The molecule has 2 saturated heterocycles. The lowest BCUT2D eigenvalue weighted by molar-refractivity contribution is -0.137. The highest BCUT2D eigenvalue weighted by atomic mass is 16.2. The van der Waals surface area contributed by atoms with Crippen molar-refractivity contribution in [3.63, 3.8) is 0 Å². The number of hydrogen-bond acceptors (Lipinski definition) is 4. The number of hydrogen-bond donors (Lipinski definition) is 0. The van der Waals surface area contributed by atoms with Crippen LogP contribution < -0.4 is 0 Å². The molecular formula is C21H24N4O2. The van der Waals surface area contributed by atoms with Crippen molar-refractivity contribution in [2.45, 2.75) is 31.7 Å². The smallest absolute Gasteiger partial charge is 0.256 e. The van der Waals surface area contributed by atoms with Crippen LogP contribution in [0.1, 0.15) is 35.2 Å². The first-order valence-corrected chi connectivity index (χ1v) is 9.44. The van der Waals surface area contributed by atoms with E-state index in [2.05, 4.69) is 22.1 Å². The molecule has 1 atom stereocenters. The Bertz CT molecular complexity index is 817. The molecule has 2 aliphatic rings. The van der Waals surface area contributed by atoms with Crippen molar-refractivity contribution in [3.8, 4) is 0 Å². The van der Waals surface area contributed by atoms with Crippen LogP contribution >= 0.6 is 0 Å². The highest BCUT2D eigenvalue weighted by molar-refractivity contribution is 5.94. The summed E-state index contributed by atoms with van der Waals surface area (Å²) in [5.74, 6) is 0.184. The second-order valence-electron chi connectivity index (χ2n) is 7.66. The van der Waals surface area contributed by atoms with Crippen LogP contribution in [0.4, 0.5) is 0 Å². The van der Waals surface area contributed by atoms with Crippen LogP contribution in [-0.2, 0) is 11.2 Å². The fourth-order valence-electron chi connectivity index (χ4n) is 4.46. The van der Waals surface area contributed by atoms with Gasteiger partial charge < -0.3 is 9.80 Å². The average molecular weight is 364 g/mol. The van der Waals surface area contributed by atoms with Gasteiger partial charge in [-0.2, -0.15) is 0 Å². The number of likely N-dealkylation sites (tertiary alicyclic amines) is 2. The Hall–Kier alpha value is -2.76. The Morgan fingerprint density at radius 2 is 1.81 bits per heavy atom. The third-order valence-electron chi connectivity index (χ3n) is 6.08. The molecule has 6 nitrogen and oxygen atoms in total. The minimum atomic E-state index is -0.321. The minimum Gasteiger partial charge on any atom is -0.342 e. The lowest BCUT2D eigenvalue weighted by Gasteiger charge is -2.37. The molecule has 0 N–H and O–H groups in total. The van der Waals surface area contributed by atoms with Crippen LogP contribution in [0.5, 0.6) is 0 Å². The Labute approximate surface area is 159 Å². The fraction of sp³-hybridized carbons (Fsp3) is 0.429. The van der Waals surface area contributed by atoms with Crippen LogP contribution in [0.2, 0.25) is 0 Å². The van der Waals surface area contributed by atoms with Gasteiger partial charge in [0.05, 0.1) is 11.0 Å². The minimum absolute atomic E-state index is 0.0508. The lowest BCUT2D eigenvalue weighted by atomic mass is 9.75. The number of rotatable bonds is 3. The Morgan fingerprint density at radius 3 is 2.48 bits per heavy atom. The van der Waals surface area contributed by atoms with E-state index in [0.29, 0.717) is 18.7 Å². The van der Waals surface area contributed by atoms with Crippen molar-refractivity contribution >= 4 is 11.8 Å². The van der Waals surface area contributed by atoms with Gasteiger partial charge >= 0.3 is 0 Å². The van der Waals surface area contributed by atoms with Crippen molar-refractivity contribution < 1.29 is 9.59 Å². The standard InChI is InChI=1S/C21H24N4O2/c1-24-18(11-16-5-3-2-4-6-16)12-21(20(24)27)7-9-25(10-8-21)19(26)17-13-22-15-23-14-17/h2-6,13-15,18H,7-12H2,1H3. The summed E-state index contributed by atoms with van der Waals surface area (Å²) in [6.07, 6.45) is 7.71. The summed E-state index contributed by atoms with van der Waals surface area (Å²) in [6, 6.07) is 10.6. The first-order valence-electron chi connectivity index (χ1n) is 9.44. The van der Waals surface area contributed by atoms with E-state index in [4.69, 9.17) is 0 Å². The zero-order valence-electron chi connectivity index (χ0n) is 15.5. The molecule has 27 heavy (non-hydrogen) atoms. The molecule has 140 valence electrons. The van der Waals surface area contributed by atoms with Gasteiger partial charge in [-0.1, -0.05) is 30.3 Å². The molecule has 0 aliphatic carbocycles. The Balaban J connectivity index is 1.43. The first kappa shape index (κ1) is 17.6. The molecule has 2 amide bonds. The SMILES string of the molecule is CN1C(=O)C2(CCN(C(=O)c3cncnc3)CC2)CC1Cc1ccccc1. The highest BCUT2D eigenvalue weighted by Crippen LogP contribution is 2.44. The van der Waals surface area contributed by atoms with Gasteiger partial charge in [0.2, 0.25) is 5.91 Å². The van der Waals surface area contributed by atoms with Crippen LogP contribution in [0, 0.1) is 5.41 Å². The number of likely N-dealkylation sites (N-methyl/N-ethyl adjacent to an activating group) is 1. The molecule has 0 bridgehead atoms. The summed E-state index contributed by atoms with van der Waals surface area (Å²) in [7, 11) is 1.92. The zero-order chi connectivity index (χ0) is 18.9. The molecule has 1 aromatic carbocycles. The maximum atomic E-state index is 13.0. The maximum Gasteiger partial charge on any atom is 0.256 e. The largest absolute Gasteiger partial charge is 0.342 e. The van der Waals surface area contributed by atoms with Crippen LogP contribution in [-0.4, -0.2) is 57.8 Å². The topological polar surface area (TPSA) is 66.4 Å². The molecule has 2 fully saturated rings. The van der Waals surface area contributed by atoms with Gasteiger partial charge in [-0.25, -0.2) is 9.97 Å². The fourth-order valence-corrected chi connectivity index (χ4v) is 4.46. The van der Waals surface area contributed by atoms with Crippen molar-refractivity contribution in [3.05, 3.63) is 60.2 Å². The zero-order valence-corrected chi connectivity index (χ0v) is 15.5. The van der Waals surface area contributed by atoms with E-state index >= 15 is 0 Å². The lowest BCUT2D eigenvalue weighted by Crippen LogP contribution is -2.46. The van der Waals surface area contributed by atoms with Gasteiger partial charge in [-0.15, -0.1) is 0 Å². The number of piperidine rings is 1. The third-order valence-corrected chi connectivity index (χ3v) is 6.08. The van der Waals surface area contributed by atoms with Gasteiger partial charge in [0.25, 0.3) is 5.91 Å². The van der Waals surface area contributed by atoms with E-state index in [1.54, 1.807) is 12.4 Å². The van der Waals surface area contributed by atoms with Gasteiger partial charge in [-0.05, 0) is 31.2 Å². The van der Waals surface area contributed by atoms with Gasteiger partial charge in [-0.3, -0.25) is 9.59 Å². The van der Waals surface area contributed by atoms with E-state index < -0.39 is 0 Å². The van der Waals surface area contributed by atoms with Crippen LogP contribution in [0.15, 0.2) is 49.1 Å². The molecule has 1 spiro atoms. The van der Waals surface area contributed by atoms with E-state index in [-0.39, 0.29) is 23.3 Å². The average Bonchev–Trinajstić information content (AvgIpc) is 2.94. The summed E-state index contributed by atoms with van der Waals surface area (Å²) in [4.78, 5) is 37.2. The molecule has 1 aromatic heterocycles. The van der Waals surface area contributed by atoms with Crippen LogP contribution in [0.3, 0.4) is 0 Å². The van der Waals surface area contributed by atoms with Crippen molar-refractivity contribution in [2.24, 2.45) is 5.41 Å². The Kier molecular flexibility index (Phi) is 4.64. The molecule has 4 rings (SSSR count).